The van der Waals surface area contributed by atoms with E-state index in [0.717, 1.165) is 6.42 Å². The summed E-state index contributed by atoms with van der Waals surface area (Å²) in [6, 6.07) is -1.47. The summed E-state index contributed by atoms with van der Waals surface area (Å²) in [5, 5.41) is 14.0. The molecule has 0 radical (unpaired) electrons. The molecule has 0 bridgehead atoms. The van der Waals surface area contributed by atoms with Crippen molar-refractivity contribution in [3.8, 4) is 0 Å². The lowest BCUT2D eigenvalue weighted by atomic mass is 10.1. The van der Waals surface area contributed by atoms with Crippen molar-refractivity contribution in [2.45, 2.75) is 39.3 Å². The van der Waals surface area contributed by atoms with Crippen LogP contribution in [-0.4, -0.2) is 42.9 Å². The number of carboxylic acid groups (broad SMARTS) is 1. The van der Waals surface area contributed by atoms with Gasteiger partial charge in [0.05, 0.1) is 12.6 Å². The Hall–Kier alpha value is -1.30. The Morgan fingerprint density at radius 2 is 1.88 bits per heavy atom. The second kappa shape index (κ2) is 7.89. The summed E-state index contributed by atoms with van der Waals surface area (Å²) in [5.41, 5.74) is 0. The average molecular weight is 246 g/mol. The summed E-state index contributed by atoms with van der Waals surface area (Å²) in [5.74, 6) is -1.20. The van der Waals surface area contributed by atoms with Crippen molar-refractivity contribution >= 4 is 12.0 Å². The Morgan fingerprint density at radius 3 is 2.24 bits per heavy atom. The zero-order valence-corrected chi connectivity index (χ0v) is 10.8. The van der Waals surface area contributed by atoms with Gasteiger partial charge in [0.25, 0.3) is 0 Å². The summed E-state index contributed by atoms with van der Waals surface area (Å²) in [4.78, 5) is 22.5. The quantitative estimate of drug-likeness (QED) is 0.620. The van der Waals surface area contributed by atoms with Crippen molar-refractivity contribution in [2.24, 2.45) is 5.92 Å². The van der Waals surface area contributed by atoms with Crippen LogP contribution in [0.4, 0.5) is 4.79 Å². The van der Waals surface area contributed by atoms with Crippen molar-refractivity contribution in [3.05, 3.63) is 0 Å². The van der Waals surface area contributed by atoms with Gasteiger partial charge in [-0.25, -0.2) is 9.59 Å². The summed E-state index contributed by atoms with van der Waals surface area (Å²) in [6.45, 7) is 5.81. The van der Waals surface area contributed by atoms with Crippen LogP contribution in [0.15, 0.2) is 0 Å². The average Bonchev–Trinajstić information content (AvgIpc) is 2.24. The number of urea groups is 1. The summed E-state index contributed by atoms with van der Waals surface area (Å²) in [7, 11) is 1.55. The fourth-order valence-corrected chi connectivity index (χ4v) is 1.34. The van der Waals surface area contributed by atoms with Gasteiger partial charge in [-0.2, -0.15) is 0 Å². The van der Waals surface area contributed by atoms with E-state index in [0.29, 0.717) is 6.61 Å². The highest BCUT2D eigenvalue weighted by atomic mass is 16.5. The molecule has 6 nitrogen and oxygen atoms in total. The minimum atomic E-state index is -1.03. The van der Waals surface area contributed by atoms with Crippen LogP contribution < -0.4 is 10.6 Å². The third kappa shape index (κ3) is 6.11. The maximum Gasteiger partial charge on any atom is 0.326 e. The zero-order valence-electron chi connectivity index (χ0n) is 10.8. The molecule has 2 amide bonds. The Bertz CT molecular complexity index is 256. The Morgan fingerprint density at radius 1 is 1.29 bits per heavy atom. The van der Waals surface area contributed by atoms with Gasteiger partial charge in [0.2, 0.25) is 0 Å². The Balaban J connectivity index is 4.27. The number of rotatable bonds is 7. The predicted molar refractivity (Wildman–Crippen MR) is 63.9 cm³/mol. The van der Waals surface area contributed by atoms with Crippen LogP contribution in [0.25, 0.3) is 0 Å². The second-order valence-electron chi connectivity index (χ2n) is 4.24. The smallest absolute Gasteiger partial charge is 0.326 e. The second-order valence-corrected chi connectivity index (χ2v) is 4.24. The molecule has 0 saturated heterocycles. The van der Waals surface area contributed by atoms with Gasteiger partial charge in [-0.15, -0.1) is 0 Å². The first-order valence-corrected chi connectivity index (χ1v) is 5.71. The number of hydrogen-bond donors (Lipinski definition) is 3. The fourth-order valence-electron chi connectivity index (χ4n) is 1.34. The molecule has 0 aliphatic rings. The lowest BCUT2D eigenvalue weighted by Crippen LogP contribution is -2.51. The molecule has 0 rings (SSSR count). The van der Waals surface area contributed by atoms with Gasteiger partial charge in [-0.1, -0.05) is 20.8 Å². The van der Waals surface area contributed by atoms with Crippen molar-refractivity contribution in [1.82, 2.24) is 10.6 Å². The van der Waals surface area contributed by atoms with Crippen LogP contribution in [0.2, 0.25) is 0 Å². The number of nitrogens with one attached hydrogen (secondary N) is 2. The zero-order chi connectivity index (χ0) is 13.4. The molecule has 0 aromatic rings. The fraction of sp³-hybridized carbons (Fsp3) is 0.818. The van der Waals surface area contributed by atoms with Crippen LogP contribution in [0.3, 0.4) is 0 Å². The van der Waals surface area contributed by atoms with E-state index in [9.17, 15) is 9.59 Å². The van der Waals surface area contributed by atoms with Crippen molar-refractivity contribution in [1.29, 1.82) is 0 Å². The molecule has 100 valence electrons. The molecule has 0 aromatic heterocycles. The van der Waals surface area contributed by atoms with E-state index >= 15 is 0 Å². The van der Waals surface area contributed by atoms with Gasteiger partial charge in [0, 0.05) is 7.11 Å². The molecule has 6 heteroatoms. The molecule has 0 fully saturated rings. The topological polar surface area (TPSA) is 87.7 Å². The maximum absolute atomic E-state index is 11.6. The molecule has 0 aromatic carbocycles. The molecule has 0 saturated carbocycles. The largest absolute Gasteiger partial charge is 0.480 e. The van der Waals surface area contributed by atoms with Crippen LogP contribution in [0, 0.1) is 5.92 Å². The minimum absolute atomic E-state index is 0.110. The highest BCUT2D eigenvalue weighted by molar-refractivity contribution is 5.82. The molecule has 3 N–H and O–H groups in total. The first-order chi connectivity index (χ1) is 7.92. The highest BCUT2D eigenvalue weighted by Gasteiger charge is 2.24. The Kier molecular flexibility index (Phi) is 7.29. The summed E-state index contributed by atoms with van der Waals surface area (Å²) < 4.78 is 4.94. The first-order valence-electron chi connectivity index (χ1n) is 5.71. The minimum Gasteiger partial charge on any atom is -0.480 e. The van der Waals surface area contributed by atoms with E-state index in [4.69, 9.17) is 9.84 Å². The standard InChI is InChI=1S/C11H22N2O4/c1-5-8(6-17-4)12-11(16)13-9(7(2)3)10(14)15/h7-9H,5-6H2,1-4H3,(H,14,15)(H2,12,13,16)/t8?,9-/m0/s1. The van der Waals surface area contributed by atoms with Gasteiger partial charge < -0.3 is 20.5 Å². The third-order valence-electron chi connectivity index (χ3n) is 2.42. The number of carbonyl (C=O) groups excluding carboxylic acids is 1. The monoisotopic (exact) mass is 246 g/mol. The Labute approximate surface area is 102 Å². The van der Waals surface area contributed by atoms with E-state index in [1.165, 1.54) is 0 Å². The molecule has 2 atom stereocenters. The van der Waals surface area contributed by atoms with E-state index in [1.807, 2.05) is 6.92 Å². The van der Waals surface area contributed by atoms with Gasteiger partial charge in [-0.3, -0.25) is 0 Å². The summed E-state index contributed by atoms with van der Waals surface area (Å²) >= 11 is 0. The normalized spacial score (nSPS) is 14.2. The molecule has 1 unspecified atom stereocenters. The van der Waals surface area contributed by atoms with Crippen LogP contribution >= 0.6 is 0 Å². The van der Waals surface area contributed by atoms with Crippen LogP contribution in [0.1, 0.15) is 27.2 Å². The van der Waals surface area contributed by atoms with Gasteiger partial charge in [0.15, 0.2) is 0 Å². The maximum atomic E-state index is 11.6. The number of carboxylic acids is 1. The molecule has 0 aliphatic carbocycles. The van der Waals surface area contributed by atoms with E-state index in [1.54, 1.807) is 21.0 Å². The number of hydrogen-bond acceptors (Lipinski definition) is 3. The van der Waals surface area contributed by atoms with Gasteiger partial charge >= 0.3 is 12.0 Å². The SMILES string of the molecule is CCC(COC)NC(=O)N[C@H](C(=O)O)C(C)C. The number of methoxy groups -OCH3 is 1. The van der Waals surface area contributed by atoms with E-state index in [2.05, 4.69) is 10.6 Å². The number of amides is 2. The number of carbonyl (C=O) groups is 2. The number of ether oxygens (including phenoxy) is 1. The molecular weight excluding hydrogens is 224 g/mol. The first kappa shape index (κ1) is 15.7. The molecular formula is C11H22N2O4. The lowest BCUT2D eigenvalue weighted by Gasteiger charge is -2.21. The lowest BCUT2D eigenvalue weighted by molar-refractivity contribution is -0.140. The van der Waals surface area contributed by atoms with Crippen molar-refractivity contribution in [2.75, 3.05) is 13.7 Å². The molecule has 0 heterocycles. The number of aliphatic carboxylic acids is 1. The molecule has 0 spiro atoms. The van der Waals surface area contributed by atoms with E-state index < -0.39 is 18.0 Å². The van der Waals surface area contributed by atoms with Crippen molar-refractivity contribution in [3.63, 3.8) is 0 Å². The van der Waals surface area contributed by atoms with E-state index in [-0.39, 0.29) is 12.0 Å². The van der Waals surface area contributed by atoms with Gasteiger partial charge in [0.1, 0.15) is 6.04 Å². The predicted octanol–water partition coefficient (Wildman–Crippen LogP) is 0.820. The van der Waals surface area contributed by atoms with Gasteiger partial charge in [-0.05, 0) is 12.3 Å². The van der Waals surface area contributed by atoms with Crippen LogP contribution in [0.5, 0.6) is 0 Å². The van der Waals surface area contributed by atoms with Crippen LogP contribution in [-0.2, 0) is 9.53 Å². The van der Waals surface area contributed by atoms with Crippen molar-refractivity contribution < 1.29 is 19.4 Å². The third-order valence-corrected chi connectivity index (χ3v) is 2.42. The summed E-state index contributed by atoms with van der Waals surface area (Å²) in [6.07, 6.45) is 0.723. The molecule has 17 heavy (non-hydrogen) atoms. The molecule has 0 aliphatic heterocycles. The highest BCUT2D eigenvalue weighted by Crippen LogP contribution is 2.01.